The quantitative estimate of drug-likeness (QED) is 0.787. The number of halogens is 1. The molecule has 0 fully saturated rings. The highest BCUT2D eigenvalue weighted by Crippen LogP contribution is 2.35. The summed E-state index contributed by atoms with van der Waals surface area (Å²) in [5.74, 6) is -2.12. The number of alkyl halides is 1. The summed E-state index contributed by atoms with van der Waals surface area (Å²) < 4.78 is 18.8. The molecule has 1 heterocycles. The number of benzene rings is 1. The van der Waals surface area contributed by atoms with Gasteiger partial charge in [0, 0.05) is 0 Å². The van der Waals surface area contributed by atoms with Crippen LogP contribution in [0.1, 0.15) is 6.92 Å². The number of ether oxygens (including phenoxy) is 1. The number of aliphatic carboxylic acids is 1. The number of anilines is 1. The molecule has 1 N–H and O–H groups in total. The lowest BCUT2D eigenvalue weighted by atomic mass is 10.2. The van der Waals surface area contributed by atoms with Crippen molar-refractivity contribution in [3.05, 3.63) is 24.3 Å². The molecule has 0 aromatic heterocycles. The van der Waals surface area contributed by atoms with Crippen molar-refractivity contribution in [2.45, 2.75) is 19.3 Å². The van der Waals surface area contributed by atoms with Gasteiger partial charge in [-0.2, -0.15) is 0 Å². The lowest BCUT2D eigenvalue weighted by Gasteiger charge is -2.33. The van der Waals surface area contributed by atoms with E-state index in [1.54, 1.807) is 18.2 Å². The molecule has 90 valence electrons. The van der Waals surface area contributed by atoms with Crippen molar-refractivity contribution in [2.75, 3.05) is 4.90 Å². The second-order valence-corrected chi connectivity index (χ2v) is 3.61. The fraction of sp³-hybridized carbons (Fsp3) is 0.273. The van der Waals surface area contributed by atoms with Gasteiger partial charge in [0.15, 0.2) is 6.10 Å². The van der Waals surface area contributed by atoms with Gasteiger partial charge in [-0.05, 0) is 19.1 Å². The summed E-state index contributed by atoms with van der Waals surface area (Å²) in [6.07, 6.45) is -3.31. The second-order valence-electron chi connectivity index (χ2n) is 3.61. The number of fused-ring (bicyclic) bond motifs is 1. The monoisotopic (exact) mass is 239 g/mol. The van der Waals surface area contributed by atoms with Gasteiger partial charge in [0.05, 0.1) is 5.69 Å². The smallest absolute Gasteiger partial charge is 0.360 e. The van der Waals surface area contributed by atoms with Crippen LogP contribution < -0.4 is 9.64 Å². The van der Waals surface area contributed by atoms with Crippen LogP contribution >= 0.6 is 0 Å². The average Bonchev–Trinajstić information content (AvgIpc) is 2.30. The van der Waals surface area contributed by atoms with Gasteiger partial charge in [-0.15, -0.1) is 0 Å². The maximum absolute atomic E-state index is 13.6. The highest BCUT2D eigenvalue weighted by atomic mass is 19.1. The SMILES string of the molecule is CC1Oc2ccccc2N(C(F)C(=O)O)C1=O. The number of hydrogen-bond donors (Lipinski definition) is 1. The van der Waals surface area contributed by atoms with E-state index < -0.39 is 24.3 Å². The first kappa shape index (κ1) is 11.4. The Morgan fingerprint density at radius 3 is 2.82 bits per heavy atom. The minimum Gasteiger partial charge on any atom is -0.479 e. The Labute approximate surface area is 96.4 Å². The van der Waals surface area contributed by atoms with E-state index >= 15 is 0 Å². The molecule has 5 nitrogen and oxygen atoms in total. The Morgan fingerprint density at radius 1 is 1.53 bits per heavy atom. The van der Waals surface area contributed by atoms with Gasteiger partial charge in [-0.1, -0.05) is 12.1 Å². The predicted molar refractivity (Wildman–Crippen MR) is 56.5 cm³/mol. The Morgan fingerprint density at radius 2 is 2.18 bits per heavy atom. The maximum Gasteiger partial charge on any atom is 0.360 e. The van der Waals surface area contributed by atoms with Crippen molar-refractivity contribution in [2.24, 2.45) is 0 Å². The zero-order valence-corrected chi connectivity index (χ0v) is 8.96. The zero-order chi connectivity index (χ0) is 12.6. The largest absolute Gasteiger partial charge is 0.479 e. The van der Waals surface area contributed by atoms with Gasteiger partial charge in [-0.3, -0.25) is 9.69 Å². The van der Waals surface area contributed by atoms with E-state index in [1.165, 1.54) is 13.0 Å². The summed E-state index contributed by atoms with van der Waals surface area (Å²) in [4.78, 5) is 23.0. The molecule has 0 bridgehead atoms. The molecular weight excluding hydrogens is 229 g/mol. The van der Waals surface area contributed by atoms with Gasteiger partial charge >= 0.3 is 5.97 Å². The third-order valence-corrected chi connectivity index (χ3v) is 2.44. The molecule has 0 radical (unpaired) electrons. The number of hydrogen-bond acceptors (Lipinski definition) is 3. The lowest BCUT2D eigenvalue weighted by molar-refractivity contribution is -0.145. The van der Waals surface area contributed by atoms with Gasteiger partial charge in [-0.25, -0.2) is 9.18 Å². The summed E-state index contributed by atoms with van der Waals surface area (Å²) in [6.45, 7) is 1.44. The molecule has 1 aromatic carbocycles. The van der Waals surface area contributed by atoms with E-state index in [0.29, 0.717) is 10.6 Å². The van der Waals surface area contributed by atoms with Gasteiger partial charge in [0.2, 0.25) is 0 Å². The van der Waals surface area contributed by atoms with Crippen LogP contribution in [0, 0.1) is 0 Å². The zero-order valence-electron chi connectivity index (χ0n) is 8.96. The molecule has 6 heteroatoms. The fourth-order valence-corrected chi connectivity index (χ4v) is 1.66. The molecule has 1 amide bonds. The number of carboxylic acid groups (broad SMARTS) is 1. The topological polar surface area (TPSA) is 66.8 Å². The number of rotatable bonds is 2. The second kappa shape index (κ2) is 4.04. The molecule has 0 saturated carbocycles. The summed E-state index contributed by atoms with van der Waals surface area (Å²) in [5.41, 5.74) is 0.130. The van der Waals surface area contributed by atoms with Crippen molar-refractivity contribution in [3.8, 4) is 5.75 Å². The van der Waals surface area contributed by atoms with Crippen LogP contribution in [0.2, 0.25) is 0 Å². The first-order valence-corrected chi connectivity index (χ1v) is 4.98. The van der Waals surface area contributed by atoms with Crippen LogP contribution in [0.3, 0.4) is 0 Å². The molecular formula is C11H10FNO4. The number of carbonyl (C=O) groups is 2. The van der Waals surface area contributed by atoms with Crippen molar-refractivity contribution in [3.63, 3.8) is 0 Å². The molecule has 0 saturated heterocycles. The number of amides is 1. The Hall–Kier alpha value is -2.11. The van der Waals surface area contributed by atoms with Crippen molar-refractivity contribution >= 4 is 17.6 Å². The molecule has 2 unspecified atom stereocenters. The van der Waals surface area contributed by atoms with E-state index in [0.717, 1.165) is 0 Å². The van der Waals surface area contributed by atoms with E-state index in [4.69, 9.17) is 9.84 Å². The Kier molecular flexibility index (Phi) is 2.71. The van der Waals surface area contributed by atoms with Crippen LogP contribution in [0.15, 0.2) is 24.3 Å². The maximum atomic E-state index is 13.6. The Bertz CT molecular complexity index is 476. The van der Waals surface area contributed by atoms with Crippen LogP contribution in [0.4, 0.5) is 10.1 Å². The van der Waals surface area contributed by atoms with Crippen molar-refractivity contribution in [1.29, 1.82) is 0 Å². The fourth-order valence-electron chi connectivity index (χ4n) is 1.66. The lowest BCUT2D eigenvalue weighted by Crippen LogP contribution is -2.50. The normalized spacial score (nSPS) is 20.5. The molecule has 2 rings (SSSR count). The van der Waals surface area contributed by atoms with Crippen LogP contribution in [0.5, 0.6) is 5.75 Å². The van der Waals surface area contributed by atoms with Crippen LogP contribution in [-0.2, 0) is 9.59 Å². The molecule has 0 aliphatic carbocycles. The third-order valence-electron chi connectivity index (χ3n) is 2.44. The average molecular weight is 239 g/mol. The van der Waals surface area contributed by atoms with Crippen molar-refractivity contribution in [1.82, 2.24) is 0 Å². The van der Waals surface area contributed by atoms with E-state index in [1.807, 2.05) is 0 Å². The number of para-hydroxylation sites is 2. The summed E-state index contributed by atoms with van der Waals surface area (Å²) >= 11 is 0. The van der Waals surface area contributed by atoms with E-state index in [-0.39, 0.29) is 5.69 Å². The standard InChI is InChI=1S/C11H10FNO4/c1-6-10(14)13(9(12)11(15)16)7-4-2-3-5-8(7)17-6/h2-6,9H,1H3,(H,15,16). The number of nitrogens with zero attached hydrogens (tertiary/aromatic N) is 1. The van der Waals surface area contributed by atoms with Gasteiger partial charge in [0.1, 0.15) is 5.75 Å². The molecule has 1 aliphatic heterocycles. The first-order valence-electron chi connectivity index (χ1n) is 4.98. The minimum absolute atomic E-state index is 0.130. The van der Waals surface area contributed by atoms with E-state index in [9.17, 15) is 14.0 Å². The third kappa shape index (κ3) is 1.82. The number of carboxylic acids is 1. The summed E-state index contributed by atoms with van der Waals surface area (Å²) in [7, 11) is 0. The summed E-state index contributed by atoms with van der Waals surface area (Å²) in [6, 6.07) is 6.23. The van der Waals surface area contributed by atoms with Crippen molar-refractivity contribution < 1.29 is 23.8 Å². The predicted octanol–water partition coefficient (Wildman–Crippen LogP) is 1.18. The first-order chi connectivity index (χ1) is 8.02. The van der Waals surface area contributed by atoms with Crippen LogP contribution in [0.25, 0.3) is 0 Å². The highest BCUT2D eigenvalue weighted by Gasteiger charge is 2.39. The van der Waals surface area contributed by atoms with Crippen LogP contribution in [-0.4, -0.2) is 29.4 Å². The molecule has 2 atom stereocenters. The molecule has 17 heavy (non-hydrogen) atoms. The highest BCUT2D eigenvalue weighted by molar-refractivity contribution is 6.03. The van der Waals surface area contributed by atoms with Gasteiger partial charge < -0.3 is 9.84 Å². The summed E-state index contributed by atoms with van der Waals surface area (Å²) in [5, 5.41) is 8.65. The number of carbonyl (C=O) groups excluding carboxylic acids is 1. The Balaban J connectivity index is 2.49. The molecule has 0 spiro atoms. The molecule has 1 aliphatic rings. The van der Waals surface area contributed by atoms with E-state index in [2.05, 4.69) is 0 Å². The minimum atomic E-state index is -2.41. The van der Waals surface area contributed by atoms with Gasteiger partial charge in [0.25, 0.3) is 12.2 Å². The molecule has 1 aromatic rings.